The SMILES string of the molecule is COc1cc(-c2ccc(O)c3ncccc23)cc(C#N)c1OC. The molecular formula is C18H14N2O3. The molecule has 0 amide bonds. The van der Waals surface area contributed by atoms with Crippen molar-refractivity contribution in [1.82, 2.24) is 4.98 Å². The van der Waals surface area contributed by atoms with Crippen molar-refractivity contribution in [2.45, 2.75) is 0 Å². The lowest BCUT2D eigenvalue weighted by Gasteiger charge is -2.13. The van der Waals surface area contributed by atoms with Gasteiger partial charge in [-0.25, -0.2) is 0 Å². The Morgan fingerprint density at radius 1 is 1.13 bits per heavy atom. The van der Waals surface area contributed by atoms with Crippen molar-refractivity contribution < 1.29 is 14.6 Å². The number of rotatable bonds is 3. The molecule has 5 nitrogen and oxygen atoms in total. The summed E-state index contributed by atoms with van der Waals surface area (Å²) in [7, 11) is 3.03. The van der Waals surface area contributed by atoms with Gasteiger partial charge in [0.2, 0.25) is 0 Å². The van der Waals surface area contributed by atoms with Crippen LogP contribution in [0.25, 0.3) is 22.0 Å². The molecule has 1 aromatic heterocycles. The van der Waals surface area contributed by atoms with Gasteiger partial charge in [-0.3, -0.25) is 4.98 Å². The number of phenolic OH excluding ortho intramolecular Hbond substituents is 1. The third-order valence-electron chi connectivity index (χ3n) is 3.66. The smallest absolute Gasteiger partial charge is 0.178 e. The van der Waals surface area contributed by atoms with Crippen LogP contribution in [0, 0.1) is 11.3 Å². The molecule has 0 saturated heterocycles. The number of benzene rings is 2. The first-order valence-corrected chi connectivity index (χ1v) is 6.92. The Morgan fingerprint density at radius 3 is 2.65 bits per heavy atom. The zero-order chi connectivity index (χ0) is 16.4. The van der Waals surface area contributed by atoms with E-state index < -0.39 is 0 Å². The van der Waals surface area contributed by atoms with Crippen LogP contribution in [-0.4, -0.2) is 24.3 Å². The Morgan fingerprint density at radius 2 is 1.96 bits per heavy atom. The lowest BCUT2D eigenvalue weighted by molar-refractivity contribution is 0.354. The molecule has 5 heteroatoms. The van der Waals surface area contributed by atoms with E-state index in [1.807, 2.05) is 6.07 Å². The molecule has 0 aliphatic heterocycles. The lowest BCUT2D eigenvalue weighted by Crippen LogP contribution is -1.95. The maximum atomic E-state index is 9.97. The minimum absolute atomic E-state index is 0.116. The summed E-state index contributed by atoms with van der Waals surface area (Å²) in [5.41, 5.74) is 2.53. The Bertz CT molecular complexity index is 929. The second kappa shape index (κ2) is 5.85. The van der Waals surface area contributed by atoms with E-state index in [-0.39, 0.29) is 5.75 Å². The predicted molar refractivity (Wildman–Crippen MR) is 86.7 cm³/mol. The van der Waals surface area contributed by atoms with Crippen LogP contribution in [0.3, 0.4) is 0 Å². The number of nitriles is 1. The van der Waals surface area contributed by atoms with Crippen LogP contribution in [0.1, 0.15) is 5.56 Å². The maximum absolute atomic E-state index is 9.97. The number of nitrogens with zero attached hydrogens (tertiary/aromatic N) is 2. The van der Waals surface area contributed by atoms with Crippen LogP contribution >= 0.6 is 0 Å². The summed E-state index contributed by atoms with van der Waals surface area (Å²) in [6.07, 6.45) is 1.63. The quantitative estimate of drug-likeness (QED) is 0.801. The molecule has 0 saturated carbocycles. The first kappa shape index (κ1) is 14.7. The van der Waals surface area contributed by atoms with Gasteiger partial charge in [0.15, 0.2) is 11.5 Å². The Kier molecular flexibility index (Phi) is 3.73. The fraction of sp³-hybridized carbons (Fsp3) is 0.111. The van der Waals surface area contributed by atoms with Gasteiger partial charge in [0.25, 0.3) is 0 Å². The zero-order valence-corrected chi connectivity index (χ0v) is 12.7. The Hall–Kier alpha value is -3.26. The second-order valence-electron chi connectivity index (χ2n) is 4.90. The molecule has 2 aromatic carbocycles. The van der Waals surface area contributed by atoms with Gasteiger partial charge in [-0.15, -0.1) is 0 Å². The normalized spacial score (nSPS) is 10.3. The Labute approximate surface area is 133 Å². The number of fused-ring (bicyclic) bond motifs is 1. The van der Waals surface area contributed by atoms with E-state index in [9.17, 15) is 10.4 Å². The van der Waals surface area contributed by atoms with Crippen molar-refractivity contribution in [2.75, 3.05) is 14.2 Å². The van der Waals surface area contributed by atoms with E-state index in [0.717, 1.165) is 16.5 Å². The minimum atomic E-state index is 0.116. The van der Waals surface area contributed by atoms with E-state index in [0.29, 0.717) is 22.6 Å². The van der Waals surface area contributed by atoms with Crippen molar-refractivity contribution in [3.05, 3.63) is 48.2 Å². The molecule has 0 aliphatic rings. The summed E-state index contributed by atoms with van der Waals surface area (Å²) < 4.78 is 10.6. The zero-order valence-electron chi connectivity index (χ0n) is 12.7. The van der Waals surface area contributed by atoms with Gasteiger partial charge in [-0.1, -0.05) is 6.07 Å². The van der Waals surface area contributed by atoms with E-state index in [2.05, 4.69) is 11.1 Å². The third-order valence-corrected chi connectivity index (χ3v) is 3.66. The molecular weight excluding hydrogens is 292 g/mol. The third kappa shape index (κ3) is 2.40. The highest BCUT2D eigenvalue weighted by Crippen LogP contribution is 2.39. The van der Waals surface area contributed by atoms with Crippen molar-refractivity contribution in [2.24, 2.45) is 0 Å². The molecule has 0 fully saturated rings. The lowest BCUT2D eigenvalue weighted by atomic mass is 9.98. The van der Waals surface area contributed by atoms with E-state index in [1.165, 1.54) is 14.2 Å². The summed E-state index contributed by atoms with van der Waals surface area (Å²) in [5, 5.41) is 20.1. The Balaban J connectivity index is 2.32. The molecule has 0 radical (unpaired) electrons. The average molecular weight is 306 g/mol. The van der Waals surface area contributed by atoms with Crippen molar-refractivity contribution >= 4 is 10.9 Å². The largest absolute Gasteiger partial charge is 0.506 e. The van der Waals surface area contributed by atoms with Gasteiger partial charge >= 0.3 is 0 Å². The molecule has 0 spiro atoms. The standard InChI is InChI=1S/C18H14N2O3/c1-22-16-9-11(8-12(10-19)18(16)23-2)13-5-6-15(21)17-14(13)4-3-7-20-17/h3-9,21H,1-2H3. The van der Waals surface area contributed by atoms with E-state index in [1.54, 1.807) is 36.5 Å². The number of hydrogen-bond donors (Lipinski definition) is 1. The van der Waals surface area contributed by atoms with Crippen molar-refractivity contribution in [3.63, 3.8) is 0 Å². The highest BCUT2D eigenvalue weighted by atomic mass is 16.5. The number of aromatic nitrogens is 1. The van der Waals surface area contributed by atoms with Crippen molar-refractivity contribution in [1.29, 1.82) is 5.26 Å². The molecule has 1 heterocycles. The van der Waals surface area contributed by atoms with E-state index in [4.69, 9.17) is 9.47 Å². The number of hydrogen-bond acceptors (Lipinski definition) is 5. The minimum Gasteiger partial charge on any atom is -0.506 e. The number of ether oxygens (including phenoxy) is 2. The average Bonchev–Trinajstić information content (AvgIpc) is 2.61. The summed E-state index contributed by atoms with van der Waals surface area (Å²) >= 11 is 0. The first-order chi connectivity index (χ1) is 11.2. The summed E-state index contributed by atoms with van der Waals surface area (Å²) in [4.78, 5) is 4.21. The number of phenols is 1. The van der Waals surface area contributed by atoms with Crippen LogP contribution < -0.4 is 9.47 Å². The van der Waals surface area contributed by atoms with E-state index >= 15 is 0 Å². The van der Waals surface area contributed by atoms with Gasteiger partial charge in [0.05, 0.1) is 19.8 Å². The van der Waals surface area contributed by atoms with Crippen LogP contribution in [0.5, 0.6) is 17.2 Å². The number of aromatic hydroxyl groups is 1. The number of methoxy groups -OCH3 is 2. The summed E-state index contributed by atoms with van der Waals surface area (Å²) in [6.45, 7) is 0. The van der Waals surface area contributed by atoms with Gasteiger partial charge in [0.1, 0.15) is 17.3 Å². The van der Waals surface area contributed by atoms with Crippen molar-refractivity contribution in [3.8, 4) is 34.4 Å². The fourth-order valence-corrected chi connectivity index (χ4v) is 2.61. The first-order valence-electron chi connectivity index (χ1n) is 6.92. The molecule has 3 rings (SSSR count). The molecule has 23 heavy (non-hydrogen) atoms. The fourth-order valence-electron chi connectivity index (χ4n) is 2.61. The van der Waals surface area contributed by atoms with Gasteiger partial charge in [-0.05, 0) is 41.5 Å². The molecule has 3 aromatic rings. The molecule has 0 bridgehead atoms. The summed E-state index contributed by atoms with van der Waals surface area (Å²) in [6, 6.07) is 12.7. The summed E-state index contributed by atoms with van der Waals surface area (Å²) in [5.74, 6) is 0.997. The monoisotopic (exact) mass is 306 g/mol. The predicted octanol–water partition coefficient (Wildman–Crippen LogP) is 3.50. The van der Waals surface area contributed by atoms with Crippen LogP contribution in [-0.2, 0) is 0 Å². The molecule has 0 atom stereocenters. The van der Waals surface area contributed by atoms with Crippen LogP contribution in [0.15, 0.2) is 42.6 Å². The highest BCUT2D eigenvalue weighted by molar-refractivity contribution is 5.98. The molecule has 0 unspecified atom stereocenters. The molecule has 1 N–H and O–H groups in total. The highest BCUT2D eigenvalue weighted by Gasteiger charge is 2.15. The molecule has 114 valence electrons. The number of pyridine rings is 1. The van der Waals surface area contributed by atoms with Gasteiger partial charge in [-0.2, -0.15) is 5.26 Å². The maximum Gasteiger partial charge on any atom is 0.178 e. The molecule has 0 aliphatic carbocycles. The van der Waals surface area contributed by atoms with Crippen LogP contribution in [0.2, 0.25) is 0 Å². The van der Waals surface area contributed by atoms with Crippen LogP contribution in [0.4, 0.5) is 0 Å². The van der Waals surface area contributed by atoms with Gasteiger partial charge in [0, 0.05) is 11.6 Å². The van der Waals surface area contributed by atoms with Gasteiger partial charge < -0.3 is 14.6 Å². The topological polar surface area (TPSA) is 75.4 Å². The second-order valence-corrected chi connectivity index (χ2v) is 4.90.